The summed E-state index contributed by atoms with van der Waals surface area (Å²) in [5, 5.41) is 3.34. The van der Waals surface area contributed by atoms with E-state index in [0.717, 1.165) is 30.5 Å². The van der Waals surface area contributed by atoms with Crippen LogP contribution in [0.2, 0.25) is 0 Å². The molecule has 1 saturated heterocycles. The third-order valence-corrected chi connectivity index (χ3v) is 3.11. The van der Waals surface area contributed by atoms with Crippen molar-refractivity contribution in [3.63, 3.8) is 0 Å². The Morgan fingerprint density at radius 2 is 2.24 bits per heavy atom. The minimum atomic E-state index is 0.311. The lowest BCUT2D eigenvalue weighted by Crippen LogP contribution is -2.32. The summed E-state index contributed by atoms with van der Waals surface area (Å²) in [5.74, 6) is 0. The maximum Gasteiger partial charge on any atom is 0.295 e. The number of hydrogen-bond acceptors (Lipinski definition) is 4. The molecule has 0 radical (unpaired) electrons. The van der Waals surface area contributed by atoms with E-state index in [1.54, 1.807) is 0 Å². The van der Waals surface area contributed by atoms with Crippen molar-refractivity contribution in [3.05, 3.63) is 24.3 Å². The number of nitrogens with zero attached hydrogens (tertiary/aromatic N) is 1. The van der Waals surface area contributed by atoms with Gasteiger partial charge in [-0.05, 0) is 31.9 Å². The van der Waals surface area contributed by atoms with Crippen LogP contribution in [0, 0.1) is 0 Å². The van der Waals surface area contributed by atoms with Gasteiger partial charge in [0.2, 0.25) is 0 Å². The SMILES string of the molecule is CC1CC(Nc2nc3ccccc3o2)CCO1. The van der Waals surface area contributed by atoms with E-state index in [1.165, 1.54) is 0 Å². The average molecular weight is 232 g/mol. The van der Waals surface area contributed by atoms with E-state index in [2.05, 4.69) is 17.2 Å². The van der Waals surface area contributed by atoms with Crippen molar-refractivity contribution in [1.29, 1.82) is 0 Å². The highest BCUT2D eigenvalue weighted by Crippen LogP contribution is 2.22. The normalized spacial score (nSPS) is 25.0. The van der Waals surface area contributed by atoms with Gasteiger partial charge >= 0.3 is 0 Å². The van der Waals surface area contributed by atoms with E-state index in [9.17, 15) is 0 Å². The molecule has 0 spiro atoms. The molecule has 2 atom stereocenters. The standard InChI is InChI=1S/C13H16N2O2/c1-9-8-10(6-7-16-9)14-13-15-11-4-2-3-5-12(11)17-13/h2-5,9-10H,6-8H2,1H3,(H,14,15). The summed E-state index contributed by atoms with van der Waals surface area (Å²) in [4.78, 5) is 4.41. The number of fused-ring (bicyclic) bond motifs is 1. The Hall–Kier alpha value is -1.55. The molecule has 17 heavy (non-hydrogen) atoms. The molecule has 2 aromatic rings. The maximum atomic E-state index is 5.64. The van der Waals surface area contributed by atoms with Gasteiger partial charge in [-0.1, -0.05) is 12.1 Å². The molecule has 0 bridgehead atoms. The van der Waals surface area contributed by atoms with Crippen molar-refractivity contribution >= 4 is 17.1 Å². The van der Waals surface area contributed by atoms with E-state index in [-0.39, 0.29) is 0 Å². The number of ether oxygens (including phenoxy) is 1. The van der Waals surface area contributed by atoms with Crippen LogP contribution < -0.4 is 5.32 Å². The van der Waals surface area contributed by atoms with Crippen molar-refractivity contribution in [3.8, 4) is 0 Å². The van der Waals surface area contributed by atoms with Crippen molar-refractivity contribution in [1.82, 2.24) is 4.98 Å². The zero-order valence-electron chi connectivity index (χ0n) is 9.85. The van der Waals surface area contributed by atoms with Crippen molar-refractivity contribution in [2.24, 2.45) is 0 Å². The molecule has 0 saturated carbocycles. The number of rotatable bonds is 2. The molecule has 1 fully saturated rings. The molecular weight excluding hydrogens is 216 g/mol. The summed E-state index contributed by atoms with van der Waals surface area (Å²) >= 11 is 0. The first-order valence-electron chi connectivity index (χ1n) is 6.05. The molecule has 1 aliphatic rings. The highest BCUT2D eigenvalue weighted by Gasteiger charge is 2.20. The largest absolute Gasteiger partial charge is 0.424 e. The highest BCUT2D eigenvalue weighted by atomic mass is 16.5. The second-order valence-electron chi connectivity index (χ2n) is 4.53. The number of hydrogen-bond donors (Lipinski definition) is 1. The maximum absolute atomic E-state index is 5.64. The Bertz CT molecular complexity index is 476. The molecule has 0 aliphatic carbocycles. The fourth-order valence-electron chi connectivity index (χ4n) is 2.24. The van der Waals surface area contributed by atoms with Gasteiger partial charge in [0.25, 0.3) is 6.01 Å². The van der Waals surface area contributed by atoms with Crippen LogP contribution >= 0.6 is 0 Å². The summed E-state index contributed by atoms with van der Waals surface area (Å²) in [5.41, 5.74) is 1.73. The first-order valence-corrected chi connectivity index (χ1v) is 6.05. The highest BCUT2D eigenvalue weighted by molar-refractivity contribution is 5.74. The number of nitrogens with one attached hydrogen (secondary N) is 1. The minimum absolute atomic E-state index is 0.311. The summed E-state index contributed by atoms with van der Waals surface area (Å²) in [6.45, 7) is 2.90. The van der Waals surface area contributed by atoms with Gasteiger partial charge in [-0.2, -0.15) is 4.98 Å². The van der Waals surface area contributed by atoms with Gasteiger partial charge in [0, 0.05) is 12.6 Å². The monoisotopic (exact) mass is 232 g/mol. The van der Waals surface area contributed by atoms with Gasteiger partial charge in [-0.3, -0.25) is 0 Å². The molecule has 1 aromatic heterocycles. The van der Waals surface area contributed by atoms with E-state index in [1.807, 2.05) is 24.3 Å². The lowest BCUT2D eigenvalue weighted by molar-refractivity contribution is 0.0229. The van der Waals surface area contributed by atoms with Crippen molar-refractivity contribution in [2.75, 3.05) is 11.9 Å². The Morgan fingerprint density at radius 3 is 3.06 bits per heavy atom. The molecule has 1 aromatic carbocycles. The van der Waals surface area contributed by atoms with Crippen LogP contribution in [-0.2, 0) is 4.74 Å². The smallest absolute Gasteiger partial charge is 0.295 e. The first-order chi connectivity index (χ1) is 8.31. The molecule has 0 amide bonds. The van der Waals surface area contributed by atoms with Crippen LogP contribution in [0.5, 0.6) is 0 Å². The summed E-state index contributed by atoms with van der Waals surface area (Å²) in [6, 6.07) is 8.81. The van der Waals surface area contributed by atoms with Gasteiger partial charge in [-0.25, -0.2) is 0 Å². The van der Waals surface area contributed by atoms with Crippen LogP contribution in [-0.4, -0.2) is 23.7 Å². The van der Waals surface area contributed by atoms with Crippen molar-refractivity contribution in [2.45, 2.75) is 31.9 Å². The predicted octanol–water partition coefficient (Wildman–Crippen LogP) is 2.81. The number of benzene rings is 1. The molecule has 1 N–H and O–H groups in total. The minimum Gasteiger partial charge on any atom is -0.424 e. The molecule has 3 rings (SSSR count). The second-order valence-corrected chi connectivity index (χ2v) is 4.53. The zero-order chi connectivity index (χ0) is 11.7. The summed E-state index contributed by atoms with van der Waals surface area (Å²) in [7, 11) is 0. The summed E-state index contributed by atoms with van der Waals surface area (Å²) < 4.78 is 11.2. The fraction of sp³-hybridized carbons (Fsp3) is 0.462. The van der Waals surface area contributed by atoms with Crippen LogP contribution in [0.15, 0.2) is 28.7 Å². The van der Waals surface area contributed by atoms with Crippen LogP contribution in [0.25, 0.3) is 11.1 Å². The molecule has 90 valence electrons. The van der Waals surface area contributed by atoms with E-state index in [0.29, 0.717) is 18.2 Å². The molecule has 2 heterocycles. The van der Waals surface area contributed by atoms with E-state index < -0.39 is 0 Å². The van der Waals surface area contributed by atoms with Crippen molar-refractivity contribution < 1.29 is 9.15 Å². The molecule has 1 aliphatic heterocycles. The average Bonchev–Trinajstić information content (AvgIpc) is 2.71. The van der Waals surface area contributed by atoms with Gasteiger partial charge < -0.3 is 14.5 Å². The van der Waals surface area contributed by atoms with Gasteiger partial charge in [-0.15, -0.1) is 0 Å². The Balaban J connectivity index is 1.75. The topological polar surface area (TPSA) is 47.3 Å². The van der Waals surface area contributed by atoms with Crippen LogP contribution in [0.4, 0.5) is 6.01 Å². The fourth-order valence-corrected chi connectivity index (χ4v) is 2.24. The molecular formula is C13H16N2O2. The van der Waals surface area contributed by atoms with Gasteiger partial charge in [0.05, 0.1) is 6.10 Å². The van der Waals surface area contributed by atoms with Gasteiger partial charge in [0.1, 0.15) is 5.52 Å². The molecule has 2 unspecified atom stereocenters. The molecule has 4 heteroatoms. The number of oxazole rings is 1. The number of para-hydroxylation sites is 2. The van der Waals surface area contributed by atoms with E-state index >= 15 is 0 Å². The Kier molecular flexibility index (Phi) is 2.73. The molecule has 4 nitrogen and oxygen atoms in total. The van der Waals surface area contributed by atoms with Gasteiger partial charge in [0.15, 0.2) is 5.58 Å². The number of aromatic nitrogens is 1. The summed E-state index contributed by atoms with van der Waals surface area (Å²) in [6.07, 6.45) is 2.31. The Labute approximate surface area is 100.0 Å². The lowest BCUT2D eigenvalue weighted by atomic mass is 10.1. The quantitative estimate of drug-likeness (QED) is 0.864. The lowest BCUT2D eigenvalue weighted by Gasteiger charge is -2.27. The first kappa shape index (κ1) is 10.6. The van der Waals surface area contributed by atoms with Crippen LogP contribution in [0.1, 0.15) is 19.8 Å². The third kappa shape index (κ3) is 2.26. The third-order valence-electron chi connectivity index (χ3n) is 3.11. The Morgan fingerprint density at radius 1 is 1.35 bits per heavy atom. The number of anilines is 1. The zero-order valence-corrected chi connectivity index (χ0v) is 9.85. The van der Waals surface area contributed by atoms with E-state index in [4.69, 9.17) is 9.15 Å². The van der Waals surface area contributed by atoms with Crippen LogP contribution in [0.3, 0.4) is 0 Å². The second kappa shape index (κ2) is 4.37. The predicted molar refractivity (Wildman–Crippen MR) is 66.1 cm³/mol.